The van der Waals surface area contributed by atoms with Crippen LogP contribution in [0.5, 0.6) is 0 Å². The number of nitrogens with zero attached hydrogens (tertiary/aromatic N) is 1. The Kier molecular flexibility index (Phi) is 7.12. The van der Waals surface area contributed by atoms with Gasteiger partial charge in [-0.1, -0.05) is 65.4 Å². The van der Waals surface area contributed by atoms with E-state index in [-0.39, 0.29) is 0 Å². The van der Waals surface area contributed by atoms with Crippen LogP contribution in [0.2, 0.25) is 0 Å². The van der Waals surface area contributed by atoms with Gasteiger partial charge in [0.25, 0.3) is 0 Å². The number of aromatic nitrogens is 1. The third-order valence-corrected chi connectivity index (χ3v) is 4.27. The van der Waals surface area contributed by atoms with Gasteiger partial charge < -0.3 is 0 Å². The highest BCUT2D eigenvalue weighted by Crippen LogP contribution is 2.34. The molecule has 0 saturated carbocycles. The Morgan fingerprint density at radius 3 is 2.21 bits per heavy atom. The molecular weight excluding hydrogens is 230 g/mol. The van der Waals surface area contributed by atoms with Crippen molar-refractivity contribution in [2.75, 3.05) is 0 Å². The number of hydrogen-bond donors (Lipinski definition) is 0. The van der Waals surface area contributed by atoms with Crippen LogP contribution >= 0.6 is 0 Å². The Balaban J connectivity index is 2.70. The molecule has 0 aliphatic rings. The lowest BCUT2D eigenvalue weighted by atomic mass is 9.75. The van der Waals surface area contributed by atoms with Gasteiger partial charge >= 0.3 is 0 Å². The normalized spacial score (nSPS) is 14.3. The van der Waals surface area contributed by atoms with Crippen LogP contribution in [0.1, 0.15) is 83.4 Å². The average Bonchev–Trinajstić information content (AvgIpc) is 2.42. The summed E-state index contributed by atoms with van der Waals surface area (Å²) >= 11 is 0. The first-order valence-corrected chi connectivity index (χ1v) is 8.05. The molecule has 0 amide bonds. The maximum absolute atomic E-state index is 4.50. The first-order chi connectivity index (χ1) is 9.12. The predicted octanol–water partition coefficient (Wildman–Crippen LogP) is 5.81. The highest BCUT2D eigenvalue weighted by molar-refractivity contribution is 5.22. The number of aryl methyl sites for hydroxylation is 1. The zero-order valence-electron chi connectivity index (χ0n) is 13.3. The van der Waals surface area contributed by atoms with Gasteiger partial charge in [-0.15, -0.1) is 0 Å². The van der Waals surface area contributed by atoms with Gasteiger partial charge in [0.1, 0.15) is 0 Å². The summed E-state index contributed by atoms with van der Waals surface area (Å²) in [6, 6.07) is 4.45. The van der Waals surface area contributed by atoms with Gasteiger partial charge in [-0.05, 0) is 36.8 Å². The molecule has 0 radical (unpaired) electrons. The van der Waals surface area contributed by atoms with Crippen LogP contribution in [-0.4, -0.2) is 4.98 Å². The van der Waals surface area contributed by atoms with E-state index in [4.69, 9.17) is 0 Å². The van der Waals surface area contributed by atoms with Gasteiger partial charge in [0.15, 0.2) is 0 Å². The van der Waals surface area contributed by atoms with Crippen molar-refractivity contribution in [1.82, 2.24) is 4.98 Å². The van der Waals surface area contributed by atoms with Crippen molar-refractivity contribution in [3.63, 3.8) is 0 Å². The minimum atomic E-state index is 0.324. The highest BCUT2D eigenvalue weighted by atomic mass is 14.7. The molecule has 1 aromatic rings. The van der Waals surface area contributed by atoms with E-state index in [2.05, 4.69) is 51.0 Å². The molecule has 0 spiro atoms. The van der Waals surface area contributed by atoms with E-state index < -0.39 is 0 Å². The van der Waals surface area contributed by atoms with E-state index in [1.54, 1.807) is 0 Å². The number of unbranched alkanes of at least 4 members (excludes halogenated alkanes) is 4. The molecule has 0 N–H and O–H groups in total. The van der Waals surface area contributed by atoms with Crippen molar-refractivity contribution >= 4 is 0 Å². The Bertz CT molecular complexity index is 341. The van der Waals surface area contributed by atoms with Gasteiger partial charge in [0, 0.05) is 11.9 Å². The van der Waals surface area contributed by atoms with Crippen molar-refractivity contribution in [3.8, 4) is 0 Å². The Morgan fingerprint density at radius 2 is 1.63 bits per heavy atom. The van der Waals surface area contributed by atoms with Crippen LogP contribution in [0, 0.1) is 6.92 Å². The fourth-order valence-electron chi connectivity index (χ4n) is 2.75. The van der Waals surface area contributed by atoms with Crippen LogP contribution in [0.15, 0.2) is 18.3 Å². The standard InChI is InChI=1S/C18H31N/c1-5-7-9-10-14-18(4,13-8-6-2)17-12-11-16(3)19-15-17/h11-12,15H,5-10,13-14H2,1-4H3. The zero-order valence-corrected chi connectivity index (χ0v) is 13.3. The minimum Gasteiger partial charge on any atom is -0.261 e. The quantitative estimate of drug-likeness (QED) is 0.511. The molecule has 0 saturated heterocycles. The second-order valence-corrected chi connectivity index (χ2v) is 6.16. The minimum absolute atomic E-state index is 0.324. The fraction of sp³-hybridized carbons (Fsp3) is 0.722. The summed E-state index contributed by atoms with van der Waals surface area (Å²) in [7, 11) is 0. The Labute approximate surface area is 119 Å². The summed E-state index contributed by atoms with van der Waals surface area (Å²) < 4.78 is 0. The first kappa shape index (κ1) is 16.2. The lowest BCUT2D eigenvalue weighted by Gasteiger charge is -2.30. The highest BCUT2D eigenvalue weighted by Gasteiger charge is 2.25. The topological polar surface area (TPSA) is 12.9 Å². The summed E-state index contributed by atoms with van der Waals surface area (Å²) in [6.07, 6.45) is 12.7. The van der Waals surface area contributed by atoms with Gasteiger partial charge in [-0.2, -0.15) is 0 Å². The molecule has 1 aromatic heterocycles. The largest absolute Gasteiger partial charge is 0.261 e. The molecule has 1 unspecified atom stereocenters. The van der Waals surface area contributed by atoms with Crippen LogP contribution in [-0.2, 0) is 5.41 Å². The Hall–Kier alpha value is -0.850. The van der Waals surface area contributed by atoms with E-state index in [9.17, 15) is 0 Å². The second kappa shape index (κ2) is 8.35. The van der Waals surface area contributed by atoms with Crippen LogP contribution in [0.25, 0.3) is 0 Å². The van der Waals surface area contributed by atoms with Gasteiger partial charge in [-0.3, -0.25) is 4.98 Å². The summed E-state index contributed by atoms with van der Waals surface area (Å²) in [5, 5.41) is 0. The van der Waals surface area contributed by atoms with Crippen molar-refractivity contribution in [2.24, 2.45) is 0 Å². The maximum Gasteiger partial charge on any atom is 0.0372 e. The molecule has 0 fully saturated rings. The molecule has 1 nitrogen and oxygen atoms in total. The van der Waals surface area contributed by atoms with E-state index in [1.165, 1.54) is 56.9 Å². The van der Waals surface area contributed by atoms with E-state index in [1.807, 2.05) is 0 Å². The molecule has 0 aromatic carbocycles. The fourth-order valence-corrected chi connectivity index (χ4v) is 2.75. The molecule has 1 heterocycles. The van der Waals surface area contributed by atoms with E-state index >= 15 is 0 Å². The van der Waals surface area contributed by atoms with Crippen molar-refractivity contribution in [2.45, 2.75) is 84.5 Å². The molecule has 1 rings (SSSR count). The smallest absolute Gasteiger partial charge is 0.0372 e. The number of hydrogen-bond acceptors (Lipinski definition) is 1. The van der Waals surface area contributed by atoms with E-state index in [0.717, 1.165) is 5.69 Å². The van der Waals surface area contributed by atoms with Crippen molar-refractivity contribution < 1.29 is 0 Å². The van der Waals surface area contributed by atoms with Gasteiger partial charge in [-0.25, -0.2) is 0 Å². The third-order valence-electron chi connectivity index (χ3n) is 4.27. The molecule has 1 heteroatoms. The lowest BCUT2D eigenvalue weighted by molar-refractivity contribution is 0.368. The molecular formula is C18H31N. The average molecular weight is 261 g/mol. The number of pyridine rings is 1. The molecule has 1 atom stereocenters. The second-order valence-electron chi connectivity index (χ2n) is 6.16. The third kappa shape index (κ3) is 5.34. The monoisotopic (exact) mass is 261 g/mol. The van der Waals surface area contributed by atoms with E-state index in [0.29, 0.717) is 5.41 Å². The zero-order chi connectivity index (χ0) is 14.1. The molecule has 0 bridgehead atoms. The SMILES string of the molecule is CCCCCCC(C)(CCCC)c1ccc(C)nc1. The summed E-state index contributed by atoms with van der Waals surface area (Å²) in [5.74, 6) is 0. The maximum atomic E-state index is 4.50. The number of rotatable bonds is 9. The predicted molar refractivity (Wildman–Crippen MR) is 84.6 cm³/mol. The molecule has 108 valence electrons. The first-order valence-electron chi connectivity index (χ1n) is 8.05. The Morgan fingerprint density at radius 1 is 0.947 bits per heavy atom. The molecule has 0 aliphatic carbocycles. The summed E-state index contributed by atoms with van der Waals surface area (Å²) in [6.45, 7) is 9.06. The molecule has 19 heavy (non-hydrogen) atoms. The van der Waals surface area contributed by atoms with Gasteiger partial charge in [0.2, 0.25) is 0 Å². The summed E-state index contributed by atoms with van der Waals surface area (Å²) in [4.78, 5) is 4.50. The van der Waals surface area contributed by atoms with Crippen LogP contribution in [0.4, 0.5) is 0 Å². The van der Waals surface area contributed by atoms with Crippen molar-refractivity contribution in [3.05, 3.63) is 29.6 Å². The lowest BCUT2D eigenvalue weighted by Crippen LogP contribution is -2.22. The van der Waals surface area contributed by atoms with Crippen LogP contribution < -0.4 is 0 Å². The molecule has 0 aliphatic heterocycles. The summed E-state index contributed by atoms with van der Waals surface area (Å²) in [5.41, 5.74) is 2.88. The van der Waals surface area contributed by atoms with Gasteiger partial charge in [0.05, 0.1) is 0 Å². The van der Waals surface area contributed by atoms with Crippen molar-refractivity contribution in [1.29, 1.82) is 0 Å². The van der Waals surface area contributed by atoms with Crippen LogP contribution in [0.3, 0.4) is 0 Å².